The number of nitrogens with two attached hydrogens (primary N) is 2. The summed E-state index contributed by atoms with van der Waals surface area (Å²) >= 11 is 0. The van der Waals surface area contributed by atoms with E-state index in [1.807, 2.05) is 19.1 Å². The van der Waals surface area contributed by atoms with E-state index in [1.165, 1.54) is 4.90 Å². The van der Waals surface area contributed by atoms with E-state index in [0.717, 1.165) is 56.9 Å². The SMILES string of the molecule is CCCCCC[C@H]1OCCNC(=O)[C@H](CNC(=O)c2ccc(CCN)cc2)NC(=O)[C@H](CN)NC(=O)[C@H](C2CCCCCC2)NC(=O)[C@H](CCC)N(C)C(=O)[C@@H]1C. The summed E-state index contributed by atoms with van der Waals surface area (Å²) in [5.41, 5.74) is 13.1. The van der Waals surface area contributed by atoms with E-state index in [0.29, 0.717) is 50.6 Å². The minimum absolute atomic E-state index is 0.0605. The Balaban J connectivity index is 1.96. The van der Waals surface area contributed by atoms with Gasteiger partial charge in [-0.05, 0) is 62.3 Å². The number of nitrogens with zero attached hydrogens (tertiary/aromatic N) is 1. The number of hydrogen-bond donors (Lipinski definition) is 7. The van der Waals surface area contributed by atoms with Gasteiger partial charge in [-0.15, -0.1) is 0 Å². The summed E-state index contributed by atoms with van der Waals surface area (Å²) in [5.74, 6) is -3.80. The first-order valence-corrected chi connectivity index (χ1v) is 21.3. The third-order valence-corrected chi connectivity index (χ3v) is 11.3. The Morgan fingerprint density at radius 2 is 1.51 bits per heavy atom. The highest BCUT2D eigenvalue weighted by atomic mass is 16.5. The van der Waals surface area contributed by atoms with Crippen LogP contribution in [0.15, 0.2) is 24.3 Å². The smallest absolute Gasteiger partial charge is 0.251 e. The van der Waals surface area contributed by atoms with Crippen LogP contribution in [0.25, 0.3) is 0 Å². The van der Waals surface area contributed by atoms with Gasteiger partial charge in [0.15, 0.2) is 0 Å². The lowest BCUT2D eigenvalue weighted by atomic mass is 9.90. The molecule has 0 aromatic heterocycles. The molecule has 0 spiro atoms. The molecule has 3 rings (SSSR count). The summed E-state index contributed by atoms with van der Waals surface area (Å²) in [6.45, 7) is 5.93. The minimum atomic E-state index is -1.25. The fraction of sp³-hybridized carbons (Fsp3) is 0.714. The van der Waals surface area contributed by atoms with Crippen molar-refractivity contribution in [3.63, 3.8) is 0 Å². The Bertz CT molecular complexity index is 1440. The van der Waals surface area contributed by atoms with Crippen LogP contribution >= 0.6 is 0 Å². The van der Waals surface area contributed by atoms with E-state index in [4.69, 9.17) is 16.2 Å². The number of hydrogen-bond acceptors (Lipinski definition) is 9. The normalized spacial score (nSPS) is 25.5. The maximum absolute atomic E-state index is 14.2. The molecule has 9 N–H and O–H groups in total. The Morgan fingerprint density at radius 3 is 2.14 bits per heavy atom. The number of nitrogens with one attached hydrogen (secondary N) is 5. The van der Waals surface area contributed by atoms with Gasteiger partial charge in [-0.3, -0.25) is 28.8 Å². The van der Waals surface area contributed by atoms with Gasteiger partial charge < -0.3 is 47.7 Å². The Labute approximate surface area is 339 Å². The monoisotopic (exact) mass is 799 g/mol. The molecule has 1 saturated heterocycles. The fourth-order valence-electron chi connectivity index (χ4n) is 7.72. The third kappa shape index (κ3) is 15.0. The topological polar surface area (TPSA) is 227 Å². The number of benzene rings is 1. The van der Waals surface area contributed by atoms with Crippen molar-refractivity contribution < 1.29 is 33.5 Å². The van der Waals surface area contributed by atoms with Gasteiger partial charge >= 0.3 is 0 Å². The zero-order chi connectivity index (χ0) is 41.7. The maximum Gasteiger partial charge on any atom is 0.251 e. The van der Waals surface area contributed by atoms with E-state index < -0.39 is 65.7 Å². The van der Waals surface area contributed by atoms with E-state index in [9.17, 15) is 28.8 Å². The molecule has 1 saturated carbocycles. The van der Waals surface area contributed by atoms with Crippen molar-refractivity contribution in [2.45, 2.75) is 141 Å². The van der Waals surface area contributed by atoms with Gasteiger partial charge in [-0.1, -0.05) is 90.7 Å². The molecule has 0 bridgehead atoms. The Morgan fingerprint density at radius 1 is 0.825 bits per heavy atom. The number of rotatable bonds is 14. The highest BCUT2D eigenvalue weighted by Crippen LogP contribution is 2.27. The molecular formula is C42H70N8O7. The summed E-state index contributed by atoms with van der Waals surface area (Å²) < 4.78 is 6.29. The molecule has 6 atom stereocenters. The van der Waals surface area contributed by atoms with Crippen molar-refractivity contribution in [3.8, 4) is 0 Å². The van der Waals surface area contributed by atoms with Crippen molar-refractivity contribution in [2.75, 3.05) is 39.8 Å². The van der Waals surface area contributed by atoms with E-state index in [2.05, 4.69) is 33.5 Å². The molecule has 1 aromatic carbocycles. The molecule has 15 nitrogen and oxygen atoms in total. The first-order chi connectivity index (χ1) is 27.4. The van der Waals surface area contributed by atoms with Crippen LogP contribution in [-0.2, 0) is 35.1 Å². The van der Waals surface area contributed by atoms with Gasteiger partial charge in [0.2, 0.25) is 29.5 Å². The summed E-state index contributed by atoms with van der Waals surface area (Å²) in [7, 11) is 1.63. The first-order valence-electron chi connectivity index (χ1n) is 21.3. The van der Waals surface area contributed by atoms with Crippen molar-refractivity contribution in [3.05, 3.63) is 35.4 Å². The Kier molecular flexibility index (Phi) is 21.0. The molecule has 57 heavy (non-hydrogen) atoms. The number of amides is 6. The molecule has 6 amide bonds. The lowest BCUT2D eigenvalue weighted by Gasteiger charge is -2.34. The molecule has 2 aliphatic rings. The average molecular weight is 799 g/mol. The summed E-state index contributed by atoms with van der Waals surface area (Å²) in [5, 5.41) is 14.0. The van der Waals surface area contributed by atoms with Crippen LogP contribution in [0.4, 0.5) is 0 Å². The van der Waals surface area contributed by atoms with Gasteiger partial charge in [0.1, 0.15) is 24.2 Å². The minimum Gasteiger partial charge on any atom is -0.376 e. The van der Waals surface area contributed by atoms with E-state index in [1.54, 1.807) is 26.1 Å². The average Bonchev–Trinajstić information content (AvgIpc) is 3.50. The number of unbranched alkanes of at least 4 members (excludes halogenated alkanes) is 3. The molecule has 0 radical (unpaired) electrons. The second kappa shape index (κ2) is 25.3. The highest BCUT2D eigenvalue weighted by molar-refractivity contribution is 5.97. The third-order valence-electron chi connectivity index (χ3n) is 11.3. The predicted octanol–water partition coefficient (Wildman–Crippen LogP) is 2.05. The highest BCUT2D eigenvalue weighted by Gasteiger charge is 2.38. The van der Waals surface area contributed by atoms with Crippen molar-refractivity contribution in [2.24, 2.45) is 23.3 Å². The lowest BCUT2D eigenvalue weighted by Crippen LogP contribution is -2.62. The summed E-state index contributed by atoms with van der Waals surface area (Å²) in [4.78, 5) is 84.5. The molecule has 320 valence electrons. The molecule has 1 aliphatic carbocycles. The molecule has 0 unspecified atom stereocenters. The van der Waals surface area contributed by atoms with Gasteiger partial charge in [0.25, 0.3) is 5.91 Å². The predicted molar refractivity (Wildman–Crippen MR) is 220 cm³/mol. The van der Waals surface area contributed by atoms with Crippen LogP contribution in [0.2, 0.25) is 0 Å². The zero-order valence-electron chi connectivity index (χ0n) is 34.7. The maximum atomic E-state index is 14.2. The van der Waals surface area contributed by atoms with Crippen LogP contribution in [0.3, 0.4) is 0 Å². The fourth-order valence-corrected chi connectivity index (χ4v) is 7.72. The largest absolute Gasteiger partial charge is 0.376 e. The van der Waals surface area contributed by atoms with Crippen LogP contribution < -0.4 is 38.1 Å². The second-order valence-corrected chi connectivity index (χ2v) is 15.6. The number of ether oxygens (including phenoxy) is 1. The Hall–Kier alpha value is -4.08. The number of likely N-dealkylation sites (N-methyl/N-ethyl adjacent to an activating group) is 1. The molecule has 2 fully saturated rings. The van der Waals surface area contributed by atoms with Crippen LogP contribution in [-0.4, -0.2) is 110 Å². The van der Waals surface area contributed by atoms with Crippen LogP contribution in [0, 0.1) is 11.8 Å². The van der Waals surface area contributed by atoms with Gasteiger partial charge in [0, 0.05) is 32.2 Å². The van der Waals surface area contributed by atoms with Crippen molar-refractivity contribution in [1.29, 1.82) is 0 Å². The van der Waals surface area contributed by atoms with E-state index >= 15 is 0 Å². The van der Waals surface area contributed by atoms with E-state index in [-0.39, 0.29) is 38.1 Å². The zero-order valence-corrected chi connectivity index (χ0v) is 34.7. The van der Waals surface area contributed by atoms with Gasteiger partial charge in [-0.2, -0.15) is 0 Å². The van der Waals surface area contributed by atoms with Gasteiger partial charge in [0.05, 0.1) is 18.6 Å². The number of carbonyl (C=O) groups excluding carboxylic acids is 6. The molecule has 1 aromatic rings. The molecule has 1 heterocycles. The van der Waals surface area contributed by atoms with Crippen LogP contribution in [0.1, 0.15) is 120 Å². The standard InChI is InChI=1S/C42H70N8O7/c1-5-7-8-13-17-35-28(3)42(56)50(4)34(14-6-2)40(54)49-36(30-15-11-9-10-12-16-30)41(55)47-32(26-44)39(53)48-33(38(52)45-24-25-57-35)27-46-37(51)31-20-18-29(19-21-31)22-23-43/h18-21,28,30,32-36H,5-17,22-27,43-44H2,1-4H3,(H,45,52)(H,46,51)(H,47,55)(H,48,53)(H,49,54)/t28-,32+,33+,34+,35-,36+/m1/s1. The molecular weight excluding hydrogens is 729 g/mol. The van der Waals surface area contributed by atoms with Crippen molar-refractivity contribution in [1.82, 2.24) is 31.5 Å². The summed E-state index contributed by atoms with van der Waals surface area (Å²) in [6.07, 6.45) is 10.9. The summed E-state index contributed by atoms with van der Waals surface area (Å²) in [6, 6.07) is 2.64. The second-order valence-electron chi connectivity index (χ2n) is 15.6. The van der Waals surface area contributed by atoms with Crippen molar-refractivity contribution >= 4 is 35.4 Å². The van der Waals surface area contributed by atoms with Gasteiger partial charge in [-0.25, -0.2) is 0 Å². The van der Waals surface area contributed by atoms with Crippen LogP contribution in [0.5, 0.6) is 0 Å². The molecule has 1 aliphatic heterocycles. The number of carbonyl (C=O) groups is 6. The first kappa shape index (κ1) is 47.3. The lowest BCUT2D eigenvalue weighted by molar-refractivity contribution is -0.147. The quantitative estimate of drug-likeness (QED) is 0.108. The molecule has 15 heteroatoms.